The molecule has 5 heteroatoms. The number of nitrogens with one attached hydrogen (secondary N) is 1. The third kappa shape index (κ3) is 8.50. The topological polar surface area (TPSA) is 41.6 Å². The van der Waals surface area contributed by atoms with Crippen molar-refractivity contribution < 1.29 is 9.53 Å². The molecule has 0 fully saturated rings. The first-order valence-electron chi connectivity index (χ1n) is 11.8. The number of amides is 2. The average molecular weight is 463 g/mol. The molecular formula is C28H34N2O2S. The van der Waals surface area contributed by atoms with Crippen LogP contribution in [-0.4, -0.2) is 16.9 Å². The number of rotatable bonds is 12. The number of urea groups is 1. The standard InChI is InChI=1S/C28H34N2O2S/c1-2-3-20-27(24-16-8-5-9-17-24)32-26-19-12-18-25(22-26)29-28(31)30(33)21-11-10-15-23-13-6-4-7-14-23/h4-9,12-14,16-19,22,27,33H,2-3,10-11,15,20-21H2,1H3,(H,29,31). The Morgan fingerprint density at radius 2 is 1.67 bits per heavy atom. The summed E-state index contributed by atoms with van der Waals surface area (Å²) < 4.78 is 7.76. The van der Waals surface area contributed by atoms with E-state index in [1.807, 2.05) is 48.5 Å². The number of unbranched alkanes of at least 4 members (excludes halogenated alkanes) is 2. The predicted octanol–water partition coefficient (Wildman–Crippen LogP) is 7.70. The highest BCUT2D eigenvalue weighted by Crippen LogP contribution is 2.28. The minimum atomic E-state index is -0.235. The Bertz CT molecular complexity index is 966. The van der Waals surface area contributed by atoms with Gasteiger partial charge in [0.05, 0.1) is 0 Å². The number of aryl methyl sites for hydroxylation is 1. The molecule has 0 aliphatic rings. The van der Waals surface area contributed by atoms with Gasteiger partial charge in [0.2, 0.25) is 0 Å². The van der Waals surface area contributed by atoms with Crippen LogP contribution >= 0.6 is 12.8 Å². The van der Waals surface area contributed by atoms with Gasteiger partial charge >= 0.3 is 6.03 Å². The molecule has 0 bridgehead atoms. The number of ether oxygens (including phenoxy) is 1. The van der Waals surface area contributed by atoms with Gasteiger partial charge in [-0.3, -0.25) is 4.31 Å². The lowest BCUT2D eigenvalue weighted by Crippen LogP contribution is -2.28. The largest absolute Gasteiger partial charge is 0.486 e. The van der Waals surface area contributed by atoms with Gasteiger partial charge in [0.1, 0.15) is 11.9 Å². The summed E-state index contributed by atoms with van der Waals surface area (Å²) in [5.74, 6) is 0.742. The second-order valence-electron chi connectivity index (χ2n) is 8.18. The van der Waals surface area contributed by atoms with E-state index in [0.717, 1.165) is 49.8 Å². The number of anilines is 1. The van der Waals surface area contributed by atoms with E-state index in [2.05, 4.69) is 61.5 Å². The Morgan fingerprint density at radius 1 is 0.939 bits per heavy atom. The van der Waals surface area contributed by atoms with Crippen molar-refractivity contribution in [3.63, 3.8) is 0 Å². The van der Waals surface area contributed by atoms with Crippen molar-refractivity contribution >= 4 is 24.5 Å². The molecule has 2 amide bonds. The minimum Gasteiger partial charge on any atom is -0.486 e. The molecule has 0 aromatic heterocycles. The van der Waals surface area contributed by atoms with Crippen molar-refractivity contribution in [1.29, 1.82) is 0 Å². The summed E-state index contributed by atoms with van der Waals surface area (Å²) in [7, 11) is 0. The lowest BCUT2D eigenvalue weighted by molar-refractivity contribution is 0.191. The van der Waals surface area contributed by atoms with Crippen LogP contribution in [0.5, 0.6) is 5.75 Å². The van der Waals surface area contributed by atoms with Gasteiger partial charge < -0.3 is 10.1 Å². The molecular weight excluding hydrogens is 428 g/mol. The molecule has 4 nitrogen and oxygen atoms in total. The Balaban J connectivity index is 1.51. The molecule has 1 unspecified atom stereocenters. The van der Waals surface area contributed by atoms with Crippen molar-refractivity contribution in [2.24, 2.45) is 0 Å². The number of hydrogen-bond acceptors (Lipinski definition) is 3. The highest BCUT2D eigenvalue weighted by Gasteiger charge is 2.14. The molecule has 3 aromatic rings. The van der Waals surface area contributed by atoms with E-state index in [9.17, 15) is 4.79 Å². The average Bonchev–Trinajstić information content (AvgIpc) is 2.85. The molecule has 3 aromatic carbocycles. The van der Waals surface area contributed by atoms with Crippen LogP contribution in [0.3, 0.4) is 0 Å². The van der Waals surface area contributed by atoms with E-state index < -0.39 is 0 Å². The maximum absolute atomic E-state index is 12.6. The maximum atomic E-state index is 12.6. The highest BCUT2D eigenvalue weighted by atomic mass is 32.1. The summed E-state index contributed by atoms with van der Waals surface area (Å²) >= 11 is 4.37. The molecule has 0 saturated heterocycles. The van der Waals surface area contributed by atoms with Crippen LogP contribution in [0.25, 0.3) is 0 Å². The number of thiol groups is 1. The lowest BCUT2D eigenvalue weighted by atomic mass is 10.0. The summed E-state index contributed by atoms with van der Waals surface area (Å²) in [6.07, 6.45) is 6.06. The van der Waals surface area contributed by atoms with Crippen molar-refractivity contribution in [1.82, 2.24) is 4.31 Å². The van der Waals surface area contributed by atoms with E-state index in [4.69, 9.17) is 4.74 Å². The fourth-order valence-corrected chi connectivity index (χ4v) is 3.88. The summed E-state index contributed by atoms with van der Waals surface area (Å²) in [6, 6.07) is 28.0. The molecule has 0 aliphatic heterocycles. The van der Waals surface area contributed by atoms with Gasteiger partial charge in [-0.15, -0.1) is 0 Å². The lowest BCUT2D eigenvalue weighted by Gasteiger charge is -2.20. The fraction of sp³-hybridized carbons (Fsp3) is 0.321. The molecule has 33 heavy (non-hydrogen) atoms. The van der Waals surface area contributed by atoms with Crippen LogP contribution < -0.4 is 10.1 Å². The fourth-order valence-electron chi connectivity index (χ4n) is 3.69. The van der Waals surface area contributed by atoms with Crippen LogP contribution in [0.15, 0.2) is 84.9 Å². The van der Waals surface area contributed by atoms with Crippen LogP contribution in [-0.2, 0) is 6.42 Å². The summed E-state index contributed by atoms with van der Waals surface area (Å²) in [4.78, 5) is 12.6. The van der Waals surface area contributed by atoms with E-state index >= 15 is 0 Å². The van der Waals surface area contributed by atoms with Gasteiger partial charge in [-0.05, 0) is 55.4 Å². The number of hydrogen-bond donors (Lipinski definition) is 2. The monoisotopic (exact) mass is 462 g/mol. The quantitative estimate of drug-likeness (QED) is 0.214. The van der Waals surface area contributed by atoms with Crippen LogP contribution in [0.2, 0.25) is 0 Å². The van der Waals surface area contributed by atoms with Gasteiger partial charge in [0.15, 0.2) is 0 Å². The molecule has 174 valence electrons. The van der Waals surface area contributed by atoms with E-state index in [0.29, 0.717) is 12.2 Å². The SMILES string of the molecule is CCCCC(Oc1cccc(NC(=O)N(S)CCCCc2ccccc2)c1)c1ccccc1. The molecule has 1 N–H and O–H groups in total. The van der Waals surface area contributed by atoms with Gasteiger partial charge in [0.25, 0.3) is 0 Å². The van der Waals surface area contributed by atoms with Gasteiger partial charge in [0, 0.05) is 18.3 Å². The third-order valence-corrected chi connectivity index (χ3v) is 5.90. The van der Waals surface area contributed by atoms with Gasteiger partial charge in [-0.25, -0.2) is 4.79 Å². The number of carbonyl (C=O) groups excluding carboxylic acids is 1. The Kier molecular flexibility index (Phi) is 10.2. The summed E-state index contributed by atoms with van der Waals surface area (Å²) in [5.41, 5.74) is 3.18. The third-order valence-electron chi connectivity index (χ3n) is 5.52. The Morgan fingerprint density at radius 3 is 2.39 bits per heavy atom. The van der Waals surface area contributed by atoms with Crippen LogP contribution in [0.4, 0.5) is 10.5 Å². The maximum Gasteiger partial charge on any atom is 0.331 e. The van der Waals surface area contributed by atoms with Gasteiger partial charge in [-0.1, -0.05) is 92.9 Å². The number of benzene rings is 3. The van der Waals surface area contributed by atoms with E-state index in [1.165, 1.54) is 9.87 Å². The molecule has 0 aliphatic carbocycles. The zero-order chi connectivity index (χ0) is 23.3. The first-order chi connectivity index (χ1) is 16.2. The highest BCUT2D eigenvalue weighted by molar-refractivity contribution is 7.78. The van der Waals surface area contributed by atoms with Crippen molar-refractivity contribution in [3.8, 4) is 5.75 Å². The normalized spacial score (nSPS) is 11.6. The van der Waals surface area contributed by atoms with Crippen molar-refractivity contribution in [2.45, 2.75) is 51.6 Å². The second-order valence-corrected chi connectivity index (χ2v) is 8.67. The van der Waals surface area contributed by atoms with E-state index in [-0.39, 0.29) is 12.1 Å². The molecule has 0 radical (unpaired) electrons. The van der Waals surface area contributed by atoms with E-state index in [1.54, 1.807) is 0 Å². The van der Waals surface area contributed by atoms with Crippen molar-refractivity contribution in [3.05, 3.63) is 96.1 Å². The first kappa shape index (κ1) is 24.7. The number of carbonyl (C=O) groups is 1. The molecule has 0 heterocycles. The van der Waals surface area contributed by atoms with Crippen LogP contribution in [0.1, 0.15) is 56.3 Å². The molecule has 0 saturated carbocycles. The Labute approximate surface area is 203 Å². The molecule has 3 rings (SSSR count). The predicted molar refractivity (Wildman–Crippen MR) is 140 cm³/mol. The van der Waals surface area contributed by atoms with Gasteiger partial charge in [-0.2, -0.15) is 0 Å². The molecule has 0 spiro atoms. The zero-order valence-corrected chi connectivity index (χ0v) is 20.2. The molecule has 1 atom stereocenters. The second kappa shape index (κ2) is 13.6. The smallest absolute Gasteiger partial charge is 0.331 e. The minimum absolute atomic E-state index is 0.0110. The summed E-state index contributed by atoms with van der Waals surface area (Å²) in [6.45, 7) is 2.77. The Hall–Kier alpha value is -2.92. The zero-order valence-electron chi connectivity index (χ0n) is 19.3. The number of nitrogens with zero attached hydrogens (tertiary/aromatic N) is 1. The van der Waals surface area contributed by atoms with Crippen LogP contribution in [0, 0.1) is 0 Å². The first-order valence-corrected chi connectivity index (χ1v) is 12.2. The summed E-state index contributed by atoms with van der Waals surface area (Å²) in [5, 5.41) is 2.93. The van der Waals surface area contributed by atoms with Crippen molar-refractivity contribution in [2.75, 3.05) is 11.9 Å².